The normalized spacial score (nSPS) is 12.0. The first kappa shape index (κ1) is 8.40. The average molecular weight is 132 g/mol. The number of nitrogens with two attached hydrogens (primary N) is 1. The Morgan fingerprint density at radius 3 is 2.67 bits per heavy atom. The summed E-state index contributed by atoms with van der Waals surface area (Å²) in [5, 5.41) is 0. The molecule has 9 heavy (non-hydrogen) atoms. The van der Waals surface area contributed by atoms with Crippen molar-refractivity contribution in [1.82, 2.24) is 0 Å². The molecule has 54 valence electrons. The number of amidine groups is 1. The van der Waals surface area contributed by atoms with Gasteiger partial charge in [0.25, 0.3) is 0 Å². The molecule has 0 saturated carbocycles. The molecule has 0 aromatic heterocycles. The van der Waals surface area contributed by atoms with Crippen LogP contribution in [0, 0.1) is 0 Å². The zero-order chi connectivity index (χ0) is 7.11. The monoisotopic (exact) mass is 132 g/mol. The zero-order valence-corrected chi connectivity index (χ0v) is 5.73. The second-order valence-electron chi connectivity index (χ2n) is 1.86. The summed E-state index contributed by atoms with van der Waals surface area (Å²) < 4.78 is 11.5. The third kappa shape index (κ3) is 5.27. The van der Waals surface area contributed by atoms with Crippen LogP contribution in [0.3, 0.4) is 0 Å². The van der Waals surface area contributed by atoms with E-state index in [2.05, 4.69) is 4.99 Å². The fourth-order valence-corrected chi connectivity index (χ4v) is 0.512. The Labute approximate surface area is 55.0 Å². The van der Waals surface area contributed by atoms with Crippen LogP contribution in [0.15, 0.2) is 4.99 Å². The minimum atomic E-state index is -0.253. The lowest BCUT2D eigenvalue weighted by molar-refractivity contribution is 0.465. The van der Waals surface area contributed by atoms with Gasteiger partial charge in [-0.2, -0.15) is 0 Å². The van der Waals surface area contributed by atoms with Crippen LogP contribution in [0.5, 0.6) is 0 Å². The third-order valence-corrected chi connectivity index (χ3v) is 1.10. The molecule has 0 rings (SSSR count). The molecule has 0 saturated heterocycles. The maximum atomic E-state index is 11.5. The number of nitrogens with zero attached hydrogens (tertiary/aromatic N) is 1. The number of unbranched alkanes of at least 4 members (excludes halogenated alkanes) is 1. The molecule has 0 fully saturated rings. The van der Waals surface area contributed by atoms with Crippen molar-refractivity contribution in [3.63, 3.8) is 0 Å². The number of aliphatic imine (C=N–C) groups is 1. The summed E-state index contributed by atoms with van der Waals surface area (Å²) in [5.41, 5.74) is 5.34. The molecule has 0 unspecified atom stereocenters. The Morgan fingerprint density at radius 1 is 1.56 bits per heavy atom. The van der Waals surface area contributed by atoms with E-state index in [9.17, 15) is 4.39 Å². The van der Waals surface area contributed by atoms with Gasteiger partial charge in [-0.15, -0.1) is 0 Å². The Balaban J connectivity index is 3.07. The number of hydrogen-bond donors (Lipinski definition) is 1. The topological polar surface area (TPSA) is 38.4 Å². The Kier molecular flexibility index (Phi) is 5.17. The Hall–Kier alpha value is -0.600. The first-order chi connectivity index (χ1) is 4.31. The van der Waals surface area contributed by atoms with E-state index in [-0.39, 0.29) is 6.67 Å². The lowest BCUT2D eigenvalue weighted by Crippen LogP contribution is -2.10. The number of alkyl halides is 1. The van der Waals surface area contributed by atoms with Crippen molar-refractivity contribution in [2.24, 2.45) is 10.7 Å². The van der Waals surface area contributed by atoms with Crippen molar-refractivity contribution in [2.45, 2.75) is 19.3 Å². The molecule has 0 atom stereocenters. The molecule has 2 nitrogen and oxygen atoms in total. The van der Waals surface area contributed by atoms with Crippen LogP contribution in [0.1, 0.15) is 19.3 Å². The maximum absolute atomic E-state index is 11.5. The van der Waals surface area contributed by atoms with Crippen molar-refractivity contribution < 1.29 is 4.39 Å². The van der Waals surface area contributed by atoms with Crippen LogP contribution in [-0.4, -0.2) is 19.6 Å². The fraction of sp³-hybridized carbons (Fsp3) is 0.833. The molecule has 3 heteroatoms. The first-order valence-corrected chi connectivity index (χ1v) is 3.08. The number of rotatable bonds is 4. The zero-order valence-electron chi connectivity index (χ0n) is 5.73. The molecule has 2 N–H and O–H groups in total. The van der Waals surface area contributed by atoms with E-state index < -0.39 is 0 Å². The largest absolute Gasteiger partial charge is 0.387 e. The van der Waals surface area contributed by atoms with Crippen LogP contribution < -0.4 is 5.73 Å². The molecule has 0 amide bonds. The summed E-state index contributed by atoms with van der Waals surface area (Å²) in [6.07, 6.45) is 2.12. The van der Waals surface area contributed by atoms with Gasteiger partial charge in [-0.05, 0) is 12.8 Å². The first-order valence-electron chi connectivity index (χ1n) is 3.08. The number of halogens is 1. The highest BCUT2D eigenvalue weighted by atomic mass is 19.1. The van der Waals surface area contributed by atoms with E-state index >= 15 is 0 Å². The van der Waals surface area contributed by atoms with Crippen LogP contribution in [0.4, 0.5) is 4.39 Å². The molecule has 0 radical (unpaired) electrons. The summed E-state index contributed by atoms with van der Waals surface area (Å²) in [4.78, 5) is 3.73. The van der Waals surface area contributed by atoms with E-state index in [1.165, 1.54) is 0 Å². The molecule has 0 aliphatic heterocycles. The number of hydrogen-bond acceptors (Lipinski definition) is 1. The summed E-state index contributed by atoms with van der Waals surface area (Å²) >= 11 is 0. The van der Waals surface area contributed by atoms with Gasteiger partial charge >= 0.3 is 0 Å². The standard InChI is InChI=1S/C6H13FN2/c1-9-6(8)4-2-3-5-7/h2-5H2,1H3,(H2,8,9). The van der Waals surface area contributed by atoms with E-state index in [0.717, 1.165) is 12.8 Å². The molecule has 0 heterocycles. The summed E-state index contributed by atoms with van der Waals surface area (Å²) in [6, 6.07) is 0. The summed E-state index contributed by atoms with van der Waals surface area (Å²) in [6.45, 7) is -0.253. The average Bonchev–Trinajstić information content (AvgIpc) is 1.89. The van der Waals surface area contributed by atoms with Crippen molar-refractivity contribution in [2.75, 3.05) is 13.7 Å². The van der Waals surface area contributed by atoms with Gasteiger partial charge in [-0.1, -0.05) is 0 Å². The SMILES string of the molecule is CN=C(N)CCCCF. The minimum absolute atomic E-state index is 0.253. The lowest BCUT2D eigenvalue weighted by atomic mass is 10.2. The van der Waals surface area contributed by atoms with Gasteiger partial charge < -0.3 is 5.73 Å². The van der Waals surface area contributed by atoms with Crippen LogP contribution in [-0.2, 0) is 0 Å². The Bertz CT molecular complexity index is 91.1. The van der Waals surface area contributed by atoms with Gasteiger partial charge in [-0.25, -0.2) is 0 Å². The van der Waals surface area contributed by atoms with Crippen molar-refractivity contribution in [1.29, 1.82) is 0 Å². The molecule has 0 aromatic rings. The smallest absolute Gasteiger partial charge is 0.0933 e. The Morgan fingerprint density at radius 2 is 2.22 bits per heavy atom. The highest BCUT2D eigenvalue weighted by Crippen LogP contribution is 1.94. The maximum Gasteiger partial charge on any atom is 0.0933 e. The molecule has 0 aliphatic rings. The van der Waals surface area contributed by atoms with Gasteiger partial charge in [0.15, 0.2) is 0 Å². The van der Waals surface area contributed by atoms with Gasteiger partial charge in [0.1, 0.15) is 0 Å². The summed E-state index contributed by atoms with van der Waals surface area (Å²) in [5.74, 6) is 0.614. The predicted molar refractivity (Wildman–Crippen MR) is 37.4 cm³/mol. The molecule has 0 spiro atoms. The second-order valence-corrected chi connectivity index (χ2v) is 1.86. The molecule has 0 bridgehead atoms. The summed E-state index contributed by atoms with van der Waals surface area (Å²) in [7, 11) is 1.64. The van der Waals surface area contributed by atoms with E-state index in [4.69, 9.17) is 5.73 Å². The third-order valence-electron chi connectivity index (χ3n) is 1.10. The van der Waals surface area contributed by atoms with Crippen LogP contribution in [0.2, 0.25) is 0 Å². The predicted octanol–water partition coefficient (Wildman–Crippen LogP) is 1.11. The van der Waals surface area contributed by atoms with E-state index in [1.807, 2.05) is 0 Å². The molecule has 0 aliphatic carbocycles. The van der Waals surface area contributed by atoms with E-state index in [1.54, 1.807) is 7.05 Å². The van der Waals surface area contributed by atoms with E-state index in [0.29, 0.717) is 12.3 Å². The molecular formula is C6H13FN2. The fourth-order valence-electron chi connectivity index (χ4n) is 0.512. The van der Waals surface area contributed by atoms with Gasteiger partial charge in [0.05, 0.1) is 12.5 Å². The van der Waals surface area contributed by atoms with Crippen molar-refractivity contribution in [3.8, 4) is 0 Å². The molecular weight excluding hydrogens is 119 g/mol. The highest BCUT2D eigenvalue weighted by molar-refractivity contribution is 5.79. The van der Waals surface area contributed by atoms with Gasteiger partial charge in [-0.3, -0.25) is 9.38 Å². The molecule has 0 aromatic carbocycles. The lowest BCUT2D eigenvalue weighted by Gasteiger charge is -1.95. The van der Waals surface area contributed by atoms with Crippen molar-refractivity contribution >= 4 is 5.84 Å². The quantitative estimate of drug-likeness (QED) is 0.347. The second kappa shape index (κ2) is 5.54. The van der Waals surface area contributed by atoms with Gasteiger partial charge in [0, 0.05) is 13.5 Å². The van der Waals surface area contributed by atoms with Crippen molar-refractivity contribution in [3.05, 3.63) is 0 Å². The van der Waals surface area contributed by atoms with Gasteiger partial charge in [0.2, 0.25) is 0 Å². The van der Waals surface area contributed by atoms with Crippen LogP contribution in [0.25, 0.3) is 0 Å². The van der Waals surface area contributed by atoms with Crippen LogP contribution >= 0.6 is 0 Å². The highest BCUT2D eigenvalue weighted by Gasteiger charge is 1.89. The minimum Gasteiger partial charge on any atom is -0.387 e.